The maximum atomic E-state index is 11.4. The Hall–Kier alpha value is -0.770. The first kappa shape index (κ1) is 11.3. The van der Waals surface area contributed by atoms with Gasteiger partial charge in [-0.3, -0.25) is 0 Å². The standard InChI is InChI=1S/C10H21N3O/c1-13(2)10(14)12-9-7-5-3-4-6-8(9)11/h8-9H,3-7,11H2,1-2H3,(H,12,14). The molecule has 1 rings (SSSR count). The van der Waals surface area contributed by atoms with E-state index >= 15 is 0 Å². The van der Waals surface area contributed by atoms with Gasteiger partial charge in [0.05, 0.1) is 0 Å². The molecule has 4 nitrogen and oxygen atoms in total. The summed E-state index contributed by atoms with van der Waals surface area (Å²) in [4.78, 5) is 13.0. The van der Waals surface area contributed by atoms with Crippen molar-refractivity contribution in [2.45, 2.75) is 44.2 Å². The molecule has 0 spiro atoms. The number of amides is 2. The van der Waals surface area contributed by atoms with Crippen LogP contribution in [0.3, 0.4) is 0 Å². The molecule has 4 heteroatoms. The lowest BCUT2D eigenvalue weighted by atomic mass is 10.0. The SMILES string of the molecule is CN(C)C(=O)NC1CCCCCC1N. The van der Waals surface area contributed by atoms with Crippen LogP contribution in [0.5, 0.6) is 0 Å². The molecule has 1 aliphatic carbocycles. The monoisotopic (exact) mass is 199 g/mol. The largest absolute Gasteiger partial charge is 0.334 e. The Bertz CT molecular complexity index is 194. The van der Waals surface area contributed by atoms with Crippen LogP contribution in [0.25, 0.3) is 0 Å². The van der Waals surface area contributed by atoms with Gasteiger partial charge in [-0.25, -0.2) is 4.79 Å². The second kappa shape index (κ2) is 5.20. The van der Waals surface area contributed by atoms with Gasteiger partial charge in [0.2, 0.25) is 0 Å². The van der Waals surface area contributed by atoms with Crippen LogP contribution in [0, 0.1) is 0 Å². The van der Waals surface area contributed by atoms with Crippen LogP contribution in [0.2, 0.25) is 0 Å². The third-order valence-electron chi connectivity index (χ3n) is 2.78. The Labute approximate surface area is 85.8 Å². The number of nitrogens with one attached hydrogen (secondary N) is 1. The lowest BCUT2D eigenvalue weighted by Gasteiger charge is -2.24. The number of carbonyl (C=O) groups excluding carboxylic acids is 1. The van der Waals surface area contributed by atoms with Crippen molar-refractivity contribution in [3.05, 3.63) is 0 Å². The molecule has 0 heterocycles. The molecule has 0 radical (unpaired) electrons. The number of urea groups is 1. The number of hydrogen-bond acceptors (Lipinski definition) is 2. The molecule has 0 saturated heterocycles. The van der Waals surface area contributed by atoms with Crippen molar-refractivity contribution in [1.29, 1.82) is 0 Å². The lowest BCUT2D eigenvalue weighted by Crippen LogP contribution is -2.49. The normalized spacial score (nSPS) is 27.9. The fraction of sp³-hybridized carbons (Fsp3) is 0.900. The molecule has 2 unspecified atom stereocenters. The van der Waals surface area contributed by atoms with Gasteiger partial charge >= 0.3 is 6.03 Å². The van der Waals surface area contributed by atoms with Crippen molar-refractivity contribution in [3.63, 3.8) is 0 Å². The van der Waals surface area contributed by atoms with E-state index in [4.69, 9.17) is 5.73 Å². The van der Waals surface area contributed by atoms with Crippen LogP contribution in [0.15, 0.2) is 0 Å². The second-order valence-corrected chi connectivity index (χ2v) is 4.25. The zero-order chi connectivity index (χ0) is 10.6. The van der Waals surface area contributed by atoms with Gasteiger partial charge in [-0.05, 0) is 12.8 Å². The smallest absolute Gasteiger partial charge is 0.317 e. The van der Waals surface area contributed by atoms with E-state index in [1.807, 2.05) is 0 Å². The third kappa shape index (κ3) is 3.18. The number of nitrogens with two attached hydrogens (primary N) is 1. The average Bonchev–Trinajstić information content (AvgIpc) is 2.32. The highest BCUT2D eigenvalue weighted by molar-refractivity contribution is 5.73. The minimum Gasteiger partial charge on any atom is -0.334 e. The molecule has 0 aromatic rings. The summed E-state index contributed by atoms with van der Waals surface area (Å²) in [6.07, 6.45) is 5.64. The maximum absolute atomic E-state index is 11.4. The van der Waals surface area contributed by atoms with Crippen molar-refractivity contribution >= 4 is 6.03 Å². The van der Waals surface area contributed by atoms with Crippen LogP contribution >= 0.6 is 0 Å². The Kier molecular flexibility index (Phi) is 4.20. The van der Waals surface area contributed by atoms with Crippen LogP contribution < -0.4 is 11.1 Å². The van der Waals surface area contributed by atoms with Gasteiger partial charge in [-0.1, -0.05) is 19.3 Å². The van der Waals surface area contributed by atoms with E-state index in [1.165, 1.54) is 19.3 Å². The summed E-state index contributed by atoms with van der Waals surface area (Å²) in [6, 6.07) is 0.251. The number of hydrogen-bond donors (Lipinski definition) is 2. The molecule has 1 fully saturated rings. The predicted molar refractivity (Wildman–Crippen MR) is 57.1 cm³/mol. The first-order chi connectivity index (χ1) is 6.61. The molecule has 2 amide bonds. The van der Waals surface area contributed by atoms with Crippen molar-refractivity contribution in [3.8, 4) is 0 Å². The highest BCUT2D eigenvalue weighted by atomic mass is 16.2. The summed E-state index contributed by atoms with van der Waals surface area (Å²) in [6.45, 7) is 0. The average molecular weight is 199 g/mol. The number of nitrogens with zero attached hydrogens (tertiary/aromatic N) is 1. The van der Waals surface area contributed by atoms with Gasteiger partial charge in [-0.2, -0.15) is 0 Å². The van der Waals surface area contributed by atoms with Gasteiger partial charge in [-0.15, -0.1) is 0 Å². The van der Waals surface area contributed by atoms with E-state index in [9.17, 15) is 4.79 Å². The fourth-order valence-electron chi connectivity index (χ4n) is 1.80. The molecule has 14 heavy (non-hydrogen) atoms. The molecular formula is C10H21N3O. The number of carbonyl (C=O) groups is 1. The van der Waals surface area contributed by atoms with Gasteiger partial charge < -0.3 is 16.0 Å². The van der Waals surface area contributed by atoms with Crippen molar-refractivity contribution in [2.75, 3.05) is 14.1 Å². The zero-order valence-electron chi connectivity index (χ0n) is 9.12. The fourth-order valence-corrected chi connectivity index (χ4v) is 1.80. The molecule has 0 aromatic carbocycles. The van der Waals surface area contributed by atoms with Crippen LogP contribution in [-0.2, 0) is 0 Å². The van der Waals surface area contributed by atoms with Crippen molar-refractivity contribution in [1.82, 2.24) is 10.2 Å². The van der Waals surface area contributed by atoms with Crippen LogP contribution in [0.4, 0.5) is 4.79 Å². The van der Waals surface area contributed by atoms with Gasteiger partial charge in [0, 0.05) is 26.2 Å². The predicted octanol–water partition coefficient (Wildman–Crippen LogP) is 0.918. The third-order valence-corrected chi connectivity index (χ3v) is 2.78. The summed E-state index contributed by atoms with van der Waals surface area (Å²) in [5.41, 5.74) is 5.99. The van der Waals surface area contributed by atoms with Crippen LogP contribution in [0.1, 0.15) is 32.1 Å². The van der Waals surface area contributed by atoms with Gasteiger partial charge in [0.25, 0.3) is 0 Å². The second-order valence-electron chi connectivity index (χ2n) is 4.25. The van der Waals surface area contributed by atoms with E-state index < -0.39 is 0 Å². The zero-order valence-corrected chi connectivity index (χ0v) is 9.12. The summed E-state index contributed by atoms with van der Waals surface area (Å²) < 4.78 is 0. The van der Waals surface area contributed by atoms with Crippen molar-refractivity contribution in [2.24, 2.45) is 5.73 Å². The molecule has 0 aliphatic heterocycles. The van der Waals surface area contributed by atoms with Gasteiger partial charge in [0.15, 0.2) is 0 Å². The minimum atomic E-state index is -0.0349. The molecule has 1 aliphatic rings. The Morgan fingerprint density at radius 1 is 1.29 bits per heavy atom. The highest BCUT2D eigenvalue weighted by Gasteiger charge is 2.22. The molecular weight excluding hydrogens is 178 g/mol. The molecule has 0 bridgehead atoms. The quantitative estimate of drug-likeness (QED) is 0.617. The summed E-state index contributed by atoms with van der Waals surface area (Å²) in [5, 5.41) is 2.97. The number of rotatable bonds is 1. The first-order valence-corrected chi connectivity index (χ1v) is 5.34. The summed E-state index contributed by atoms with van der Waals surface area (Å²) in [5.74, 6) is 0. The lowest BCUT2D eigenvalue weighted by molar-refractivity contribution is 0.210. The Morgan fingerprint density at radius 2 is 1.93 bits per heavy atom. The molecule has 1 saturated carbocycles. The molecule has 3 N–H and O–H groups in total. The molecule has 0 aromatic heterocycles. The summed E-state index contributed by atoms with van der Waals surface area (Å²) in [7, 11) is 3.50. The van der Waals surface area contributed by atoms with E-state index in [1.54, 1.807) is 19.0 Å². The van der Waals surface area contributed by atoms with E-state index in [2.05, 4.69) is 5.32 Å². The molecule has 82 valence electrons. The Morgan fingerprint density at radius 3 is 2.57 bits per heavy atom. The Balaban J connectivity index is 2.44. The molecule has 2 atom stereocenters. The summed E-state index contributed by atoms with van der Waals surface area (Å²) >= 11 is 0. The van der Waals surface area contributed by atoms with E-state index in [-0.39, 0.29) is 18.1 Å². The van der Waals surface area contributed by atoms with Crippen LogP contribution in [-0.4, -0.2) is 37.1 Å². The topological polar surface area (TPSA) is 58.4 Å². The minimum absolute atomic E-state index is 0.0349. The van der Waals surface area contributed by atoms with Crippen molar-refractivity contribution < 1.29 is 4.79 Å². The van der Waals surface area contributed by atoms with E-state index in [0.717, 1.165) is 12.8 Å². The maximum Gasteiger partial charge on any atom is 0.317 e. The van der Waals surface area contributed by atoms with Gasteiger partial charge in [0.1, 0.15) is 0 Å². The highest BCUT2D eigenvalue weighted by Crippen LogP contribution is 2.16. The van der Waals surface area contributed by atoms with E-state index in [0.29, 0.717) is 0 Å². The first-order valence-electron chi connectivity index (χ1n) is 5.34.